The zero-order valence-corrected chi connectivity index (χ0v) is 13.2. The highest BCUT2D eigenvalue weighted by Gasteiger charge is 2.26. The Morgan fingerprint density at radius 3 is 2.70 bits per heavy atom. The van der Waals surface area contributed by atoms with E-state index in [0.29, 0.717) is 31.7 Å². The number of carbonyl (C=O) groups is 1. The van der Waals surface area contributed by atoms with Gasteiger partial charge in [-0.3, -0.25) is 4.79 Å². The van der Waals surface area contributed by atoms with E-state index < -0.39 is 6.10 Å². The third kappa shape index (κ3) is 3.77. The summed E-state index contributed by atoms with van der Waals surface area (Å²) < 4.78 is 19.6. The maximum Gasteiger partial charge on any atom is 0.227 e. The summed E-state index contributed by atoms with van der Waals surface area (Å²) in [6.45, 7) is 3.40. The van der Waals surface area contributed by atoms with Gasteiger partial charge >= 0.3 is 0 Å². The van der Waals surface area contributed by atoms with Crippen LogP contribution in [0.2, 0.25) is 0 Å². The molecule has 0 N–H and O–H groups in total. The van der Waals surface area contributed by atoms with Crippen LogP contribution in [0.4, 0.5) is 4.39 Å². The fraction of sp³-hybridized carbons (Fsp3) is 0.316. The van der Waals surface area contributed by atoms with E-state index in [0.717, 1.165) is 5.56 Å². The van der Waals surface area contributed by atoms with Crippen molar-refractivity contribution in [2.24, 2.45) is 0 Å². The van der Waals surface area contributed by atoms with E-state index in [-0.39, 0.29) is 11.7 Å². The number of hydrogen-bond acceptors (Lipinski definition) is 2. The van der Waals surface area contributed by atoms with Crippen molar-refractivity contribution in [3.63, 3.8) is 0 Å². The van der Waals surface area contributed by atoms with Gasteiger partial charge < -0.3 is 9.64 Å². The Morgan fingerprint density at radius 2 is 1.96 bits per heavy atom. The van der Waals surface area contributed by atoms with Gasteiger partial charge in [0.25, 0.3) is 0 Å². The highest BCUT2D eigenvalue weighted by atomic mass is 19.1. The number of hydrogen-bond donors (Lipinski definition) is 0. The van der Waals surface area contributed by atoms with E-state index in [1.807, 2.05) is 31.2 Å². The van der Waals surface area contributed by atoms with Gasteiger partial charge in [0.1, 0.15) is 11.9 Å². The van der Waals surface area contributed by atoms with Crippen LogP contribution < -0.4 is 0 Å². The number of morpholine rings is 1. The van der Waals surface area contributed by atoms with Crippen LogP contribution in [0.1, 0.15) is 22.8 Å². The van der Waals surface area contributed by atoms with Crippen LogP contribution in [0.15, 0.2) is 48.5 Å². The Labute approximate surface area is 135 Å². The fourth-order valence-corrected chi connectivity index (χ4v) is 2.79. The van der Waals surface area contributed by atoms with E-state index in [4.69, 9.17) is 4.74 Å². The van der Waals surface area contributed by atoms with Crippen molar-refractivity contribution in [3.8, 4) is 0 Å². The smallest absolute Gasteiger partial charge is 0.227 e. The van der Waals surface area contributed by atoms with Gasteiger partial charge in [-0.25, -0.2) is 4.39 Å². The Bertz CT molecular complexity index is 684. The second kappa shape index (κ2) is 6.92. The molecule has 0 saturated carbocycles. The summed E-state index contributed by atoms with van der Waals surface area (Å²) in [7, 11) is 0. The van der Waals surface area contributed by atoms with Crippen LogP contribution in [0.3, 0.4) is 0 Å². The molecule has 1 heterocycles. The van der Waals surface area contributed by atoms with Crippen molar-refractivity contribution in [1.29, 1.82) is 0 Å². The van der Waals surface area contributed by atoms with Gasteiger partial charge in [-0.1, -0.05) is 48.0 Å². The van der Waals surface area contributed by atoms with Crippen LogP contribution in [-0.4, -0.2) is 30.5 Å². The van der Waals surface area contributed by atoms with Crippen LogP contribution in [0.5, 0.6) is 0 Å². The Hall–Kier alpha value is -2.20. The average Bonchev–Trinajstić information content (AvgIpc) is 2.57. The predicted molar refractivity (Wildman–Crippen MR) is 86.6 cm³/mol. The number of rotatable bonds is 3. The third-order valence-corrected chi connectivity index (χ3v) is 4.15. The molecule has 2 aromatic carbocycles. The highest BCUT2D eigenvalue weighted by Crippen LogP contribution is 2.24. The molecule has 3 nitrogen and oxygen atoms in total. The molecule has 1 aliphatic rings. The first kappa shape index (κ1) is 15.7. The number of carbonyl (C=O) groups excluding carboxylic acids is 1. The molecule has 0 aromatic heterocycles. The quantitative estimate of drug-likeness (QED) is 0.870. The van der Waals surface area contributed by atoms with Gasteiger partial charge in [0.2, 0.25) is 5.91 Å². The average molecular weight is 313 g/mol. The molecule has 23 heavy (non-hydrogen) atoms. The lowest BCUT2D eigenvalue weighted by Gasteiger charge is -2.33. The van der Waals surface area contributed by atoms with E-state index in [1.165, 1.54) is 11.6 Å². The zero-order valence-electron chi connectivity index (χ0n) is 13.2. The van der Waals surface area contributed by atoms with Crippen molar-refractivity contribution in [2.75, 3.05) is 19.7 Å². The summed E-state index contributed by atoms with van der Waals surface area (Å²) in [5.41, 5.74) is 2.68. The van der Waals surface area contributed by atoms with Gasteiger partial charge in [0, 0.05) is 12.1 Å². The molecule has 2 aromatic rings. The SMILES string of the molecule is Cc1ccc(CC(=O)N2CCOC(c3ccccc3F)C2)cc1. The molecule has 1 saturated heterocycles. The summed E-state index contributed by atoms with van der Waals surface area (Å²) >= 11 is 0. The minimum atomic E-state index is -0.396. The van der Waals surface area contributed by atoms with E-state index in [2.05, 4.69) is 0 Å². The number of aryl methyl sites for hydroxylation is 1. The van der Waals surface area contributed by atoms with Gasteiger partial charge in [0.15, 0.2) is 0 Å². The lowest BCUT2D eigenvalue weighted by molar-refractivity contribution is -0.138. The minimum Gasteiger partial charge on any atom is -0.370 e. The zero-order chi connectivity index (χ0) is 16.2. The number of halogens is 1. The highest BCUT2D eigenvalue weighted by molar-refractivity contribution is 5.79. The third-order valence-electron chi connectivity index (χ3n) is 4.15. The molecule has 1 aliphatic heterocycles. The molecule has 3 rings (SSSR count). The summed E-state index contributed by atoms with van der Waals surface area (Å²) in [4.78, 5) is 14.3. The molecule has 0 aliphatic carbocycles. The monoisotopic (exact) mass is 313 g/mol. The van der Waals surface area contributed by atoms with Gasteiger partial charge in [-0.15, -0.1) is 0 Å². The van der Waals surface area contributed by atoms with E-state index in [1.54, 1.807) is 23.1 Å². The molecule has 0 bridgehead atoms. The summed E-state index contributed by atoms with van der Waals surface area (Å²) in [6.07, 6.45) is -0.0310. The molecular weight excluding hydrogens is 293 g/mol. The number of benzene rings is 2. The molecular formula is C19H20FNO2. The maximum absolute atomic E-state index is 13.9. The lowest BCUT2D eigenvalue weighted by Crippen LogP contribution is -2.43. The number of ether oxygens (including phenoxy) is 1. The van der Waals surface area contributed by atoms with Crippen molar-refractivity contribution in [2.45, 2.75) is 19.4 Å². The van der Waals surface area contributed by atoms with E-state index >= 15 is 0 Å². The molecule has 1 amide bonds. The normalized spacial score (nSPS) is 18.0. The lowest BCUT2D eigenvalue weighted by atomic mass is 10.1. The molecule has 1 unspecified atom stereocenters. The van der Waals surface area contributed by atoms with Crippen molar-refractivity contribution < 1.29 is 13.9 Å². The molecule has 4 heteroatoms. The van der Waals surface area contributed by atoms with Crippen LogP contribution in [0, 0.1) is 12.7 Å². The maximum atomic E-state index is 13.9. The molecule has 120 valence electrons. The summed E-state index contributed by atoms with van der Waals surface area (Å²) in [5, 5.41) is 0. The molecule has 0 spiro atoms. The Kier molecular flexibility index (Phi) is 4.72. The van der Waals surface area contributed by atoms with Crippen LogP contribution >= 0.6 is 0 Å². The largest absolute Gasteiger partial charge is 0.370 e. The minimum absolute atomic E-state index is 0.0542. The molecule has 1 fully saturated rings. The van der Waals surface area contributed by atoms with E-state index in [9.17, 15) is 9.18 Å². The Balaban J connectivity index is 1.67. The number of amides is 1. The Morgan fingerprint density at radius 1 is 1.22 bits per heavy atom. The van der Waals surface area contributed by atoms with Crippen molar-refractivity contribution in [1.82, 2.24) is 4.90 Å². The molecule has 0 radical (unpaired) electrons. The first-order chi connectivity index (χ1) is 11.1. The van der Waals surface area contributed by atoms with Gasteiger partial charge in [-0.2, -0.15) is 0 Å². The summed E-state index contributed by atoms with van der Waals surface area (Å²) in [6, 6.07) is 14.5. The first-order valence-electron chi connectivity index (χ1n) is 7.83. The molecule has 1 atom stereocenters. The van der Waals surface area contributed by atoms with Crippen LogP contribution in [0.25, 0.3) is 0 Å². The second-order valence-corrected chi connectivity index (χ2v) is 5.88. The summed E-state index contributed by atoms with van der Waals surface area (Å²) in [5.74, 6) is -0.233. The predicted octanol–water partition coefficient (Wildman–Crippen LogP) is 3.28. The standard InChI is InChI=1S/C19H20FNO2/c1-14-6-8-15(9-7-14)12-19(22)21-10-11-23-18(13-21)16-4-2-3-5-17(16)20/h2-9,18H,10-13H2,1H3. The van der Waals surface area contributed by atoms with Gasteiger partial charge in [0.05, 0.1) is 19.6 Å². The topological polar surface area (TPSA) is 29.5 Å². The van der Waals surface area contributed by atoms with Crippen molar-refractivity contribution >= 4 is 5.91 Å². The first-order valence-corrected chi connectivity index (χ1v) is 7.83. The number of nitrogens with zero attached hydrogens (tertiary/aromatic N) is 1. The van der Waals surface area contributed by atoms with Crippen molar-refractivity contribution in [3.05, 3.63) is 71.0 Å². The fourth-order valence-electron chi connectivity index (χ4n) is 2.79. The van der Waals surface area contributed by atoms with Crippen LogP contribution in [-0.2, 0) is 16.0 Å². The van der Waals surface area contributed by atoms with Gasteiger partial charge in [-0.05, 0) is 18.6 Å². The second-order valence-electron chi connectivity index (χ2n) is 5.88.